The quantitative estimate of drug-likeness (QED) is 0.449. The number of carbonyl (C=O) groups is 1. The highest BCUT2D eigenvalue weighted by Gasteiger charge is 2.01. The molecule has 0 aromatic heterocycles. The summed E-state index contributed by atoms with van der Waals surface area (Å²) in [5.41, 5.74) is 2.22. The second-order valence-electron chi connectivity index (χ2n) is 4.16. The van der Waals surface area contributed by atoms with Gasteiger partial charge in [0, 0.05) is 18.8 Å². The topological polar surface area (TPSA) is 40.5 Å². The molecule has 1 aromatic rings. The Kier molecular flexibility index (Phi) is 7.77. The molecule has 3 nitrogen and oxygen atoms in total. The van der Waals surface area contributed by atoms with Crippen molar-refractivity contribution < 1.29 is 9.90 Å². The van der Waals surface area contributed by atoms with Crippen LogP contribution in [0.5, 0.6) is 0 Å². The molecule has 0 unspecified atom stereocenters. The number of anilines is 1. The van der Waals surface area contributed by atoms with Gasteiger partial charge in [0.05, 0.1) is 6.61 Å². The molecule has 0 atom stereocenters. The van der Waals surface area contributed by atoms with E-state index in [4.69, 9.17) is 5.11 Å². The van der Waals surface area contributed by atoms with Crippen LogP contribution in [0.1, 0.15) is 12.5 Å². The van der Waals surface area contributed by atoms with Crippen LogP contribution in [0.2, 0.25) is 0 Å². The van der Waals surface area contributed by atoms with Crippen LogP contribution in [-0.2, 0) is 4.79 Å². The van der Waals surface area contributed by atoms with E-state index in [0.29, 0.717) is 6.54 Å². The van der Waals surface area contributed by atoms with Gasteiger partial charge in [-0.25, -0.2) is 0 Å². The van der Waals surface area contributed by atoms with Gasteiger partial charge >= 0.3 is 0 Å². The van der Waals surface area contributed by atoms with E-state index in [1.807, 2.05) is 30.4 Å². The minimum absolute atomic E-state index is 0.161. The molecule has 0 saturated heterocycles. The van der Waals surface area contributed by atoms with Crippen LogP contribution in [0.15, 0.2) is 54.6 Å². The predicted octanol–water partition coefficient (Wildman–Crippen LogP) is 2.83. The number of hydrogen-bond acceptors (Lipinski definition) is 3. The average Bonchev–Trinajstić information content (AvgIpc) is 2.49. The third kappa shape index (κ3) is 5.67. The second-order valence-corrected chi connectivity index (χ2v) is 4.16. The van der Waals surface area contributed by atoms with Crippen LogP contribution in [0.4, 0.5) is 5.69 Å². The average molecular weight is 271 g/mol. The number of carbonyl (C=O) groups excluding carboxylic acids is 1. The van der Waals surface area contributed by atoms with Crippen molar-refractivity contribution in [2.24, 2.45) is 0 Å². The Hall–Kier alpha value is -2.13. The van der Waals surface area contributed by atoms with Crippen molar-refractivity contribution in [3.05, 3.63) is 60.2 Å². The first-order valence-corrected chi connectivity index (χ1v) is 6.73. The lowest BCUT2D eigenvalue weighted by Crippen LogP contribution is -2.25. The van der Waals surface area contributed by atoms with Gasteiger partial charge in [-0.3, -0.25) is 4.79 Å². The molecule has 1 N–H and O–H groups in total. The van der Waals surface area contributed by atoms with E-state index in [1.165, 1.54) is 6.08 Å². The van der Waals surface area contributed by atoms with Gasteiger partial charge in [-0.2, -0.15) is 0 Å². The molecule has 0 radical (unpaired) electrons. The summed E-state index contributed by atoms with van der Waals surface area (Å²) in [6.07, 6.45) is 11.5. The first kappa shape index (κ1) is 15.9. The van der Waals surface area contributed by atoms with Gasteiger partial charge in [-0.15, -0.1) is 0 Å². The molecule has 0 spiro atoms. The largest absolute Gasteiger partial charge is 0.395 e. The molecule has 1 aromatic carbocycles. The number of rotatable bonds is 8. The first-order valence-electron chi connectivity index (χ1n) is 6.73. The van der Waals surface area contributed by atoms with Crippen molar-refractivity contribution in [3.8, 4) is 0 Å². The second kappa shape index (κ2) is 9.75. The molecule has 106 valence electrons. The third-order valence-corrected chi connectivity index (χ3v) is 2.82. The van der Waals surface area contributed by atoms with Crippen LogP contribution < -0.4 is 4.90 Å². The molecule has 0 aliphatic heterocycles. The summed E-state index contributed by atoms with van der Waals surface area (Å²) in [7, 11) is 0. The van der Waals surface area contributed by atoms with E-state index < -0.39 is 0 Å². The van der Waals surface area contributed by atoms with E-state index in [9.17, 15) is 4.79 Å². The lowest BCUT2D eigenvalue weighted by molar-refractivity contribution is -0.104. The number of hydrogen-bond donors (Lipinski definition) is 1. The molecule has 0 heterocycles. The molecule has 0 aliphatic carbocycles. The summed E-state index contributed by atoms with van der Waals surface area (Å²) in [5.74, 6) is 0. The van der Waals surface area contributed by atoms with Crippen molar-refractivity contribution >= 4 is 18.0 Å². The van der Waals surface area contributed by atoms with Gasteiger partial charge < -0.3 is 10.0 Å². The Labute approximate surface area is 120 Å². The molecule has 0 fully saturated rings. The van der Waals surface area contributed by atoms with Crippen LogP contribution in [0.3, 0.4) is 0 Å². The maximum Gasteiger partial charge on any atom is 0.142 e. The Morgan fingerprint density at radius 3 is 2.30 bits per heavy atom. The zero-order valence-electron chi connectivity index (χ0n) is 11.8. The molecule has 20 heavy (non-hydrogen) atoms. The number of benzene rings is 1. The van der Waals surface area contributed by atoms with Crippen molar-refractivity contribution in [2.75, 3.05) is 24.6 Å². The van der Waals surface area contributed by atoms with Gasteiger partial charge in [-0.05, 0) is 30.7 Å². The molecule has 3 heteroatoms. The molecule has 1 rings (SSSR count). The lowest BCUT2D eigenvalue weighted by atomic mass is 10.2. The summed E-state index contributed by atoms with van der Waals surface area (Å²) in [4.78, 5) is 12.2. The summed E-state index contributed by atoms with van der Waals surface area (Å²) in [5, 5.41) is 9.00. The van der Waals surface area contributed by atoms with Crippen molar-refractivity contribution in [3.63, 3.8) is 0 Å². The minimum Gasteiger partial charge on any atom is -0.395 e. The van der Waals surface area contributed by atoms with Crippen molar-refractivity contribution in [1.29, 1.82) is 0 Å². The van der Waals surface area contributed by atoms with E-state index in [0.717, 1.165) is 24.1 Å². The normalized spacial score (nSPS) is 11.7. The van der Waals surface area contributed by atoms with E-state index in [-0.39, 0.29) is 6.61 Å². The van der Waals surface area contributed by atoms with Gasteiger partial charge in [0.1, 0.15) is 6.29 Å². The monoisotopic (exact) mass is 271 g/mol. The summed E-state index contributed by atoms with van der Waals surface area (Å²) >= 11 is 0. The fourth-order valence-corrected chi connectivity index (χ4v) is 1.79. The van der Waals surface area contributed by atoms with Crippen LogP contribution in [0.25, 0.3) is 6.08 Å². The Morgan fingerprint density at radius 1 is 1.05 bits per heavy atom. The van der Waals surface area contributed by atoms with Gasteiger partial charge in [0.2, 0.25) is 0 Å². The van der Waals surface area contributed by atoms with Gasteiger partial charge in [0.15, 0.2) is 0 Å². The molecule has 0 bridgehead atoms. The highest BCUT2D eigenvalue weighted by atomic mass is 16.3. The number of aliphatic hydroxyl groups is 1. The van der Waals surface area contributed by atoms with Crippen LogP contribution >= 0.6 is 0 Å². The van der Waals surface area contributed by atoms with E-state index in [2.05, 4.69) is 24.0 Å². The van der Waals surface area contributed by atoms with Gasteiger partial charge in [-0.1, -0.05) is 42.5 Å². The molecule has 0 amide bonds. The predicted molar refractivity (Wildman–Crippen MR) is 84.8 cm³/mol. The third-order valence-electron chi connectivity index (χ3n) is 2.82. The van der Waals surface area contributed by atoms with Gasteiger partial charge in [0.25, 0.3) is 0 Å². The highest BCUT2D eigenvalue weighted by Crippen LogP contribution is 2.15. The van der Waals surface area contributed by atoms with E-state index in [1.54, 1.807) is 12.2 Å². The van der Waals surface area contributed by atoms with Crippen LogP contribution in [0, 0.1) is 0 Å². The maximum atomic E-state index is 10.1. The van der Waals surface area contributed by atoms with Crippen LogP contribution in [-0.4, -0.2) is 31.1 Å². The maximum absolute atomic E-state index is 10.1. The fraction of sp³-hybridized carbons (Fsp3) is 0.235. The first-order chi connectivity index (χ1) is 9.81. The zero-order chi connectivity index (χ0) is 14.6. The molecule has 0 saturated carbocycles. The number of likely N-dealkylation sites (N-methyl/N-ethyl adjacent to an activating group) is 1. The Morgan fingerprint density at radius 2 is 1.70 bits per heavy atom. The Bertz CT molecular complexity index is 472. The molecular formula is C17H21NO2. The Balaban J connectivity index is 2.62. The SMILES string of the molecule is CCN(CCO)c1ccc(/C=C/C=C/C=C/C=O)cc1. The summed E-state index contributed by atoms with van der Waals surface area (Å²) < 4.78 is 0. The van der Waals surface area contributed by atoms with Crippen molar-refractivity contribution in [2.45, 2.75) is 6.92 Å². The lowest BCUT2D eigenvalue weighted by Gasteiger charge is -2.21. The zero-order valence-corrected chi connectivity index (χ0v) is 11.8. The highest BCUT2D eigenvalue weighted by molar-refractivity contribution is 5.65. The number of aliphatic hydroxyl groups excluding tert-OH is 1. The van der Waals surface area contributed by atoms with Crippen molar-refractivity contribution in [1.82, 2.24) is 0 Å². The molecular weight excluding hydrogens is 250 g/mol. The summed E-state index contributed by atoms with van der Waals surface area (Å²) in [6.45, 7) is 3.76. The van der Waals surface area contributed by atoms with E-state index >= 15 is 0 Å². The smallest absolute Gasteiger partial charge is 0.142 e. The standard InChI is InChI=1S/C17H21NO2/c1-2-18(13-15-20)17-11-9-16(10-12-17)8-6-4-3-5-7-14-19/h3-12,14,20H,2,13,15H2,1H3/b4-3+,7-5+,8-6+. The minimum atomic E-state index is 0.161. The number of aldehydes is 1. The number of nitrogens with zero attached hydrogens (tertiary/aromatic N) is 1. The molecule has 0 aliphatic rings. The summed E-state index contributed by atoms with van der Waals surface area (Å²) in [6, 6.07) is 8.19. The fourth-order valence-electron chi connectivity index (χ4n) is 1.79. The number of allylic oxidation sites excluding steroid dienone is 5.